The summed E-state index contributed by atoms with van der Waals surface area (Å²) in [5.74, 6) is 0.874. The number of para-hydroxylation sites is 1. The van der Waals surface area contributed by atoms with Crippen molar-refractivity contribution in [3.63, 3.8) is 0 Å². The number of benzene rings is 2. The number of nitrogens with zero attached hydrogens (tertiary/aromatic N) is 2. The Morgan fingerprint density at radius 1 is 1.15 bits per heavy atom. The van der Waals surface area contributed by atoms with Gasteiger partial charge in [0, 0.05) is 42.5 Å². The van der Waals surface area contributed by atoms with Crippen molar-refractivity contribution in [2.75, 3.05) is 48.7 Å². The summed E-state index contributed by atoms with van der Waals surface area (Å²) in [7, 11) is 0. The van der Waals surface area contributed by atoms with Gasteiger partial charge in [-0.05, 0) is 36.8 Å². The molecule has 0 unspecified atom stereocenters. The van der Waals surface area contributed by atoms with Crippen molar-refractivity contribution >= 4 is 29.0 Å². The summed E-state index contributed by atoms with van der Waals surface area (Å²) in [5, 5.41) is 3.07. The van der Waals surface area contributed by atoms with E-state index in [2.05, 4.69) is 52.9 Å². The normalized spacial score (nSPS) is 14.8. The van der Waals surface area contributed by atoms with Crippen molar-refractivity contribution in [2.45, 2.75) is 11.8 Å². The average molecular weight is 382 g/mol. The molecule has 5 heteroatoms. The van der Waals surface area contributed by atoms with Gasteiger partial charge in [-0.2, -0.15) is 0 Å². The van der Waals surface area contributed by atoms with Gasteiger partial charge >= 0.3 is 0 Å². The highest BCUT2D eigenvalue weighted by Gasteiger charge is 2.19. The quantitative estimate of drug-likeness (QED) is 0.580. The van der Waals surface area contributed by atoms with Gasteiger partial charge in [0.25, 0.3) is 0 Å². The molecule has 0 saturated carbocycles. The summed E-state index contributed by atoms with van der Waals surface area (Å²) in [6.45, 7) is 10.00. The smallest absolute Gasteiger partial charge is 0.238 e. The molecule has 1 aliphatic heterocycles. The Hall–Kier alpha value is -2.24. The van der Waals surface area contributed by atoms with Crippen LogP contribution in [0.25, 0.3) is 0 Å². The van der Waals surface area contributed by atoms with Gasteiger partial charge in [0.05, 0.1) is 12.2 Å². The third-order valence-corrected chi connectivity index (χ3v) is 5.69. The summed E-state index contributed by atoms with van der Waals surface area (Å²) >= 11 is 1.68. The highest BCUT2D eigenvalue weighted by atomic mass is 32.2. The first-order valence-electron chi connectivity index (χ1n) is 9.32. The molecule has 1 amide bonds. The van der Waals surface area contributed by atoms with Crippen LogP contribution in [-0.2, 0) is 4.79 Å². The second-order valence-electron chi connectivity index (χ2n) is 6.75. The van der Waals surface area contributed by atoms with Crippen LogP contribution >= 0.6 is 11.8 Å². The Balaban J connectivity index is 1.51. The zero-order chi connectivity index (χ0) is 19.1. The Morgan fingerprint density at radius 3 is 2.67 bits per heavy atom. The van der Waals surface area contributed by atoms with Gasteiger partial charge in [-0.25, -0.2) is 0 Å². The van der Waals surface area contributed by atoms with E-state index in [0.717, 1.165) is 42.5 Å². The summed E-state index contributed by atoms with van der Waals surface area (Å²) in [5.41, 5.74) is 3.43. The first-order valence-corrected chi connectivity index (χ1v) is 10.3. The number of carbonyl (C=O) groups excluding carboxylic acids is 1. The van der Waals surface area contributed by atoms with Gasteiger partial charge in [-0.15, -0.1) is 18.3 Å². The number of thioether (sulfide) groups is 1. The lowest BCUT2D eigenvalue weighted by atomic mass is 10.2. The average Bonchev–Trinajstić information content (AvgIpc) is 2.68. The molecule has 1 N–H and O–H groups in total. The Morgan fingerprint density at radius 2 is 1.93 bits per heavy atom. The second-order valence-corrected chi connectivity index (χ2v) is 7.81. The lowest BCUT2D eigenvalue weighted by Gasteiger charge is -2.35. The molecule has 2 aromatic rings. The number of hydrogen-bond donors (Lipinski definition) is 1. The third kappa shape index (κ3) is 5.62. The fourth-order valence-corrected chi connectivity index (χ4v) is 3.97. The van der Waals surface area contributed by atoms with Gasteiger partial charge in [0.1, 0.15) is 0 Å². The number of hydrogen-bond acceptors (Lipinski definition) is 4. The number of aryl methyl sites for hydroxylation is 1. The number of piperazine rings is 1. The van der Waals surface area contributed by atoms with E-state index in [-0.39, 0.29) is 5.91 Å². The Bertz CT molecular complexity index is 785. The maximum absolute atomic E-state index is 12.5. The van der Waals surface area contributed by atoms with E-state index in [4.69, 9.17) is 0 Å². The van der Waals surface area contributed by atoms with Gasteiger partial charge < -0.3 is 10.2 Å². The SMILES string of the molecule is C=CCSc1ccccc1NC(=O)CN1CCN(c2cccc(C)c2)CC1. The molecule has 0 atom stereocenters. The number of carbonyl (C=O) groups is 1. The highest BCUT2D eigenvalue weighted by Crippen LogP contribution is 2.27. The molecular weight excluding hydrogens is 354 g/mol. The van der Waals surface area contributed by atoms with E-state index in [0.29, 0.717) is 6.54 Å². The van der Waals surface area contributed by atoms with Gasteiger partial charge in [0.2, 0.25) is 5.91 Å². The number of anilines is 2. The maximum Gasteiger partial charge on any atom is 0.238 e. The molecule has 3 rings (SSSR count). The molecule has 2 aromatic carbocycles. The minimum absolute atomic E-state index is 0.0469. The first-order chi connectivity index (χ1) is 13.2. The fourth-order valence-electron chi connectivity index (χ4n) is 3.23. The van der Waals surface area contributed by atoms with Gasteiger partial charge in [0.15, 0.2) is 0 Å². The van der Waals surface area contributed by atoms with E-state index in [1.807, 2.05) is 30.3 Å². The van der Waals surface area contributed by atoms with E-state index in [9.17, 15) is 4.79 Å². The molecule has 0 bridgehead atoms. The van der Waals surface area contributed by atoms with Crippen LogP contribution in [-0.4, -0.2) is 49.3 Å². The van der Waals surface area contributed by atoms with Crippen molar-refractivity contribution < 1.29 is 4.79 Å². The van der Waals surface area contributed by atoms with Crippen LogP contribution < -0.4 is 10.2 Å². The molecule has 0 radical (unpaired) electrons. The van der Waals surface area contributed by atoms with Crippen LogP contribution in [0.15, 0.2) is 66.1 Å². The lowest BCUT2D eigenvalue weighted by Crippen LogP contribution is -2.48. The van der Waals surface area contributed by atoms with Gasteiger partial charge in [-0.3, -0.25) is 9.69 Å². The largest absolute Gasteiger partial charge is 0.369 e. The van der Waals surface area contributed by atoms with Crippen LogP contribution in [0.2, 0.25) is 0 Å². The topological polar surface area (TPSA) is 35.6 Å². The van der Waals surface area contributed by atoms with Crippen LogP contribution in [0.3, 0.4) is 0 Å². The van der Waals surface area contributed by atoms with E-state index in [1.165, 1.54) is 11.3 Å². The van der Waals surface area contributed by atoms with E-state index < -0.39 is 0 Å². The van der Waals surface area contributed by atoms with E-state index in [1.54, 1.807) is 11.8 Å². The van der Waals surface area contributed by atoms with Crippen LogP contribution in [0.1, 0.15) is 5.56 Å². The maximum atomic E-state index is 12.5. The number of rotatable bonds is 7. The zero-order valence-corrected chi connectivity index (χ0v) is 16.7. The molecule has 0 aromatic heterocycles. The molecule has 1 saturated heterocycles. The van der Waals surface area contributed by atoms with Crippen molar-refractivity contribution in [1.29, 1.82) is 0 Å². The molecular formula is C22H27N3OS. The predicted molar refractivity (Wildman–Crippen MR) is 116 cm³/mol. The van der Waals surface area contributed by atoms with Crippen molar-refractivity contribution in [1.82, 2.24) is 4.90 Å². The lowest BCUT2D eigenvalue weighted by molar-refractivity contribution is -0.117. The standard InChI is InChI=1S/C22H27N3OS/c1-3-15-27-21-10-5-4-9-20(21)23-22(26)17-24-11-13-25(14-12-24)19-8-6-7-18(2)16-19/h3-10,16H,1,11-15,17H2,2H3,(H,23,26). The summed E-state index contributed by atoms with van der Waals surface area (Å²) < 4.78 is 0. The molecule has 0 spiro atoms. The highest BCUT2D eigenvalue weighted by molar-refractivity contribution is 7.99. The van der Waals surface area contributed by atoms with Gasteiger partial charge in [-0.1, -0.05) is 30.3 Å². The molecule has 4 nitrogen and oxygen atoms in total. The third-order valence-electron chi connectivity index (χ3n) is 4.62. The number of nitrogens with one attached hydrogen (secondary N) is 1. The van der Waals surface area contributed by atoms with Crippen LogP contribution in [0.4, 0.5) is 11.4 Å². The monoisotopic (exact) mass is 381 g/mol. The summed E-state index contributed by atoms with van der Waals surface area (Å²) in [6.07, 6.45) is 1.87. The van der Waals surface area contributed by atoms with Crippen LogP contribution in [0, 0.1) is 6.92 Å². The minimum atomic E-state index is 0.0469. The van der Waals surface area contributed by atoms with Crippen molar-refractivity contribution in [3.8, 4) is 0 Å². The molecule has 1 fully saturated rings. The molecule has 27 heavy (non-hydrogen) atoms. The Labute approximate surface area is 166 Å². The Kier molecular flexibility index (Phi) is 6.96. The molecule has 1 heterocycles. The molecule has 1 aliphatic rings. The zero-order valence-electron chi connectivity index (χ0n) is 15.9. The summed E-state index contributed by atoms with van der Waals surface area (Å²) in [6, 6.07) is 16.5. The minimum Gasteiger partial charge on any atom is -0.369 e. The molecule has 142 valence electrons. The molecule has 0 aliphatic carbocycles. The first kappa shape index (κ1) is 19.5. The van der Waals surface area contributed by atoms with E-state index >= 15 is 0 Å². The number of amides is 1. The van der Waals surface area contributed by atoms with Crippen molar-refractivity contribution in [3.05, 3.63) is 66.7 Å². The van der Waals surface area contributed by atoms with Crippen molar-refractivity contribution in [2.24, 2.45) is 0 Å². The fraction of sp³-hybridized carbons (Fsp3) is 0.318. The second kappa shape index (κ2) is 9.62. The summed E-state index contributed by atoms with van der Waals surface area (Å²) in [4.78, 5) is 18.2. The predicted octanol–water partition coefficient (Wildman–Crippen LogP) is 4.03. The van der Waals surface area contributed by atoms with Crippen LogP contribution in [0.5, 0.6) is 0 Å².